The number of aliphatic hydroxyl groups is 3. The molecule has 4 N–H and O–H groups in total. The third-order valence-corrected chi connectivity index (χ3v) is 5.06. The highest BCUT2D eigenvalue weighted by Gasteiger charge is 2.44. The van der Waals surface area contributed by atoms with Crippen molar-refractivity contribution in [1.29, 1.82) is 0 Å². The summed E-state index contributed by atoms with van der Waals surface area (Å²) in [5, 5.41) is 41.1. The summed E-state index contributed by atoms with van der Waals surface area (Å²) in [4.78, 5) is 17.6. The monoisotopic (exact) mass is 425 g/mol. The van der Waals surface area contributed by atoms with Gasteiger partial charge in [-0.05, 0) is 12.1 Å². The fourth-order valence-corrected chi connectivity index (χ4v) is 3.47. The van der Waals surface area contributed by atoms with E-state index in [1.807, 2.05) is 18.2 Å². The van der Waals surface area contributed by atoms with Crippen molar-refractivity contribution in [3.8, 4) is 17.3 Å². The van der Waals surface area contributed by atoms with E-state index in [1.165, 1.54) is 15.6 Å². The highest BCUT2D eigenvalue weighted by molar-refractivity contribution is 5.83. The Hall–Kier alpha value is -3.52. The van der Waals surface area contributed by atoms with Crippen LogP contribution in [-0.4, -0.2) is 86.8 Å². The first-order valence-corrected chi connectivity index (χ1v) is 9.49. The Morgan fingerprint density at radius 3 is 2.71 bits per heavy atom. The average Bonchev–Trinajstić information content (AvgIpc) is 3.52. The fourth-order valence-electron chi connectivity index (χ4n) is 3.47. The number of fused-ring (bicyclic) bond motifs is 1. The van der Waals surface area contributed by atoms with Gasteiger partial charge >= 0.3 is 0 Å². The molecule has 4 aromatic rings. The third kappa shape index (κ3) is 3.19. The number of imidazole rings is 1. The van der Waals surface area contributed by atoms with Crippen molar-refractivity contribution >= 4 is 17.0 Å². The van der Waals surface area contributed by atoms with E-state index in [4.69, 9.17) is 4.74 Å². The quantitative estimate of drug-likeness (QED) is 0.313. The molecule has 0 saturated carbocycles. The second kappa shape index (κ2) is 7.63. The summed E-state index contributed by atoms with van der Waals surface area (Å²) >= 11 is 0. The molecule has 1 aliphatic rings. The maximum atomic E-state index is 10.4. The zero-order chi connectivity index (χ0) is 21.5. The molecule has 0 aromatic carbocycles. The van der Waals surface area contributed by atoms with Crippen LogP contribution in [0, 0.1) is 0 Å². The van der Waals surface area contributed by atoms with Crippen molar-refractivity contribution in [2.75, 3.05) is 19.0 Å². The molecule has 5 rings (SSSR count). The normalized spacial score (nSPS) is 23.5. The maximum absolute atomic E-state index is 10.4. The summed E-state index contributed by atoms with van der Waals surface area (Å²) in [6.07, 6.45) is 0.335. The highest BCUT2D eigenvalue weighted by atomic mass is 16.6. The van der Waals surface area contributed by atoms with Crippen LogP contribution in [-0.2, 0) is 4.74 Å². The van der Waals surface area contributed by atoms with E-state index in [2.05, 4.69) is 35.6 Å². The molecule has 13 nitrogen and oxygen atoms in total. The summed E-state index contributed by atoms with van der Waals surface area (Å²) in [5.41, 5.74) is 1.99. The first kappa shape index (κ1) is 19.4. The molecule has 0 radical (unpaired) electrons. The number of ether oxygens (including phenoxy) is 1. The Morgan fingerprint density at radius 1 is 1.13 bits per heavy atom. The molecule has 31 heavy (non-hydrogen) atoms. The predicted molar refractivity (Wildman–Crippen MR) is 106 cm³/mol. The van der Waals surface area contributed by atoms with Gasteiger partial charge in [0.05, 0.1) is 24.8 Å². The Bertz CT molecular complexity index is 1210. The van der Waals surface area contributed by atoms with Crippen LogP contribution in [0.15, 0.2) is 36.9 Å². The number of nitrogens with one attached hydrogen (secondary N) is 1. The Labute approximate surface area is 175 Å². The number of pyridine rings is 1. The van der Waals surface area contributed by atoms with Gasteiger partial charge in [0.25, 0.3) is 5.95 Å². The van der Waals surface area contributed by atoms with Crippen molar-refractivity contribution in [3.05, 3.63) is 36.9 Å². The van der Waals surface area contributed by atoms with Gasteiger partial charge in [0.1, 0.15) is 24.0 Å². The van der Waals surface area contributed by atoms with Gasteiger partial charge in [0.2, 0.25) is 0 Å². The van der Waals surface area contributed by atoms with Gasteiger partial charge < -0.3 is 25.4 Å². The largest absolute Gasteiger partial charge is 0.394 e. The summed E-state index contributed by atoms with van der Waals surface area (Å²) in [7, 11) is 1.69. The van der Waals surface area contributed by atoms with Crippen LogP contribution in [0.25, 0.3) is 28.5 Å². The van der Waals surface area contributed by atoms with Crippen LogP contribution < -0.4 is 5.32 Å². The Kier molecular flexibility index (Phi) is 4.78. The van der Waals surface area contributed by atoms with E-state index in [0.29, 0.717) is 28.4 Å². The number of anilines is 1. The Morgan fingerprint density at radius 2 is 2.00 bits per heavy atom. The minimum absolute atomic E-state index is 0.208. The van der Waals surface area contributed by atoms with E-state index in [-0.39, 0.29) is 5.95 Å². The first-order valence-electron chi connectivity index (χ1n) is 9.49. The van der Waals surface area contributed by atoms with Gasteiger partial charge in [-0.1, -0.05) is 11.3 Å². The average molecular weight is 425 g/mol. The topological polar surface area (TPSA) is 169 Å². The van der Waals surface area contributed by atoms with Crippen molar-refractivity contribution in [2.45, 2.75) is 24.5 Å². The second-order valence-electron chi connectivity index (χ2n) is 6.94. The lowest BCUT2D eigenvalue weighted by molar-refractivity contribution is -0.0511. The van der Waals surface area contributed by atoms with Gasteiger partial charge in [-0.2, -0.15) is 14.6 Å². The van der Waals surface area contributed by atoms with Crippen LogP contribution in [0.5, 0.6) is 0 Å². The summed E-state index contributed by atoms with van der Waals surface area (Å²) in [5.74, 6) is 0.639. The van der Waals surface area contributed by atoms with Gasteiger partial charge in [-0.25, -0.2) is 4.98 Å². The van der Waals surface area contributed by atoms with Crippen molar-refractivity contribution in [2.24, 2.45) is 0 Å². The fraction of sp³-hybridized carbons (Fsp3) is 0.333. The SMILES string of the molecule is CNc1nc(-n2cc(-c3ccccn3)nn2)nc2c1ncn2[C@@H]1O[C@H](CO)[C@@H](O)[C@H]1O. The lowest BCUT2D eigenvalue weighted by Crippen LogP contribution is -2.33. The van der Waals surface area contributed by atoms with Crippen LogP contribution in [0.1, 0.15) is 6.23 Å². The molecule has 0 aliphatic carbocycles. The smallest absolute Gasteiger partial charge is 0.256 e. The predicted octanol–water partition coefficient (Wildman–Crippen LogP) is -0.878. The highest BCUT2D eigenvalue weighted by Crippen LogP contribution is 2.32. The Balaban J connectivity index is 1.58. The molecule has 160 valence electrons. The van der Waals surface area contributed by atoms with Crippen LogP contribution in [0.4, 0.5) is 5.82 Å². The number of hydrogen-bond acceptors (Lipinski definition) is 11. The maximum Gasteiger partial charge on any atom is 0.256 e. The van der Waals surface area contributed by atoms with Gasteiger partial charge in [-0.3, -0.25) is 9.55 Å². The standard InChI is InChI=1S/C18H19N9O4/c1-19-15-12-16(26(8-21-12)17-14(30)13(29)11(7-28)31-17)23-18(22-15)27-6-10(24-25-27)9-4-2-3-5-20-9/h2-6,8,11,13-14,17,28-30H,7H2,1H3,(H,19,22,23)/t11-,13-,14-,17-/m1/s1. The summed E-state index contributed by atoms with van der Waals surface area (Å²) in [6, 6.07) is 5.47. The molecule has 0 spiro atoms. The van der Waals surface area contributed by atoms with Crippen molar-refractivity contribution < 1.29 is 20.1 Å². The molecule has 4 aromatic heterocycles. The van der Waals surface area contributed by atoms with E-state index < -0.39 is 31.1 Å². The molecular formula is C18H19N9O4. The number of hydrogen-bond donors (Lipinski definition) is 4. The molecule has 1 saturated heterocycles. The summed E-state index contributed by atoms with van der Waals surface area (Å²) in [6.45, 7) is -0.432. The van der Waals surface area contributed by atoms with E-state index in [9.17, 15) is 15.3 Å². The molecule has 0 bridgehead atoms. The molecule has 1 aliphatic heterocycles. The van der Waals surface area contributed by atoms with Crippen LogP contribution >= 0.6 is 0 Å². The number of aromatic nitrogens is 8. The number of nitrogens with zero attached hydrogens (tertiary/aromatic N) is 8. The van der Waals surface area contributed by atoms with Crippen molar-refractivity contribution in [1.82, 2.24) is 39.5 Å². The van der Waals surface area contributed by atoms with Crippen LogP contribution in [0.2, 0.25) is 0 Å². The van der Waals surface area contributed by atoms with Gasteiger partial charge in [0.15, 0.2) is 23.2 Å². The van der Waals surface area contributed by atoms with E-state index in [1.54, 1.807) is 19.4 Å². The third-order valence-electron chi connectivity index (χ3n) is 5.06. The van der Waals surface area contributed by atoms with Crippen molar-refractivity contribution in [3.63, 3.8) is 0 Å². The van der Waals surface area contributed by atoms with E-state index >= 15 is 0 Å². The minimum atomic E-state index is -1.27. The molecule has 0 unspecified atom stereocenters. The molecule has 0 amide bonds. The van der Waals surface area contributed by atoms with Gasteiger partial charge in [-0.15, -0.1) is 5.10 Å². The molecule has 13 heteroatoms. The minimum Gasteiger partial charge on any atom is -0.394 e. The lowest BCUT2D eigenvalue weighted by Gasteiger charge is -2.16. The number of rotatable bonds is 5. The molecule has 4 atom stereocenters. The molecule has 5 heterocycles. The number of aliphatic hydroxyl groups excluding tert-OH is 3. The zero-order valence-electron chi connectivity index (χ0n) is 16.3. The molecule has 1 fully saturated rings. The molecular weight excluding hydrogens is 406 g/mol. The van der Waals surface area contributed by atoms with E-state index in [0.717, 1.165) is 0 Å². The first-order chi connectivity index (χ1) is 15.1. The lowest BCUT2D eigenvalue weighted by atomic mass is 10.1. The zero-order valence-corrected chi connectivity index (χ0v) is 16.3. The second-order valence-corrected chi connectivity index (χ2v) is 6.94. The summed E-state index contributed by atoms with van der Waals surface area (Å²) < 4.78 is 8.51. The van der Waals surface area contributed by atoms with Gasteiger partial charge in [0, 0.05) is 13.2 Å². The van der Waals surface area contributed by atoms with Crippen LogP contribution in [0.3, 0.4) is 0 Å².